The van der Waals surface area contributed by atoms with Gasteiger partial charge in [-0.25, -0.2) is 0 Å². The minimum atomic E-state index is -1.28. The normalized spacial score (nSPS) is 19.1. The number of carbonyl (C=O) groups excluding carboxylic acids is 2. The van der Waals surface area contributed by atoms with Gasteiger partial charge < -0.3 is 14.2 Å². The molecule has 0 N–H and O–H groups in total. The van der Waals surface area contributed by atoms with Crippen LogP contribution in [0.3, 0.4) is 0 Å². The van der Waals surface area contributed by atoms with Crippen LogP contribution >= 0.6 is 0 Å². The van der Waals surface area contributed by atoms with Crippen LogP contribution in [0.4, 0.5) is 0 Å². The van der Waals surface area contributed by atoms with Crippen molar-refractivity contribution in [2.75, 3.05) is 20.8 Å². The molecule has 0 spiro atoms. The van der Waals surface area contributed by atoms with Crippen LogP contribution < -0.4 is 0 Å². The molecule has 96 valence electrons. The second kappa shape index (κ2) is 5.82. The lowest BCUT2D eigenvalue weighted by atomic mass is 9.79. The van der Waals surface area contributed by atoms with Crippen LogP contribution in [0.15, 0.2) is 12.2 Å². The van der Waals surface area contributed by atoms with E-state index in [4.69, 9.17) is 14.2 Å². The second-order valence-corrected chi connectivity index (χ2v) is 4.00. The molecule has 5 heteroatoms. The minimum absolute atomic E-state index is 0.0570. The molecule has 1 rings (SSSR count). The molecule has 0 radical (unpaired) electrons. The maximum absolute atomic E-state index is 11.9. The summed E-state index contributed by atoms with van der Waals surface area (Å²) in [4.78, 5) is 23.8. The highest BCUT2D eigenvalue weighted by molar-refractivity contribution is 6.00. The summed E-state index contributed by atoms with van der Waals surface area (Å²) >= 11 is 0. The van der Waals surface area contributed by atoms with E-state index in [0.29, 0.717) is 13.0 Å². The Balaban J connectivity index is 2.97. The van der Waals surface area contributed by atoms with E-state index in [1.54, 1.807) is 12.2 Å². The Morgan fingerprint density at radius 1 is 1.35 bits per heavy atom. The Labute approximate surface area is 101 Å². The SMILES string of the molecule is C/C=C/CC(CC1CO1)(C(=O)OC)C(=O)OC. The summed E-state index contributed by atoms with van der Waals surface area (Å²) in [6.45, 7) is 2.40. The van der Waals surface area contributed by atoms with Gasteiger partial charge in [0.1, 0.15) is 0 Å². The fourth-order valence-electron chi connectivity index (χ4n) is 1.78. The third-order valence-electron chi connectivity index (χ3n) is 2.83. The minimum Gasteiger partial charge on any atom is -0.468 e. The Bertz CT molecular complexity index is 301. The zero-order valence-electron chi connectivity index (χ0n) is 10.4. The number of rotatable bonds is 6. The third kappa shape index (κ3) is 3.06. The molecule has 5 nitrogen and oxygen atoms in total. The quantitative estimate of drug-likeness (QED) is 0.302. The first-order valence-electron chi connectivity index (χ1n) is 5.50. The van der Waals surface area contributed by atoms with E-state index < -0.39 is 17.4 Å². The first kappa shape index (κ1) is 13.7. The number of hydrogen-bond donors (Lipinski definition) is 0. The van der Waals surface area contributed by atoms with E-state index in [1.165, 1.54) is 14.2 Å². The lowest BCUT2D eigenvalue weighted by Crippen LogP contribution is -2.42. The van der Waals surface area contributed by atoms with Crippen molar-refractivity contribution in [2.24, 2.45) is 5.41 Å². The lowest BCUT2D eigenvalue weighted by molar-refractivity contribution is -0.170. The van der Waals surface area contributed by atoms with Gasteiger partial charge >= 0.3 is 11.9 Å². The van der Waals surface area contributed by atoms with Crippen LogP contribution in [0.5, 0.6) is 0 Å². The van der Waals surface area contributed by atoms with Gasteiger partial charge in [-0.2, -0.15) is 0 Å². The fourth-order valence-corrected chi connectivity index (χ4v) is 1.78. The van der Waals surface area contributed by atoms with E-state index >= 15 is 0 Å². The second-order valence-electron chi connectivity index (χ2n) is 4.00. The van der Waals surface area contributed by atoms with Crippen molar-refractivity contribution in [3.8, 4) is 0 Å². The molecule has 1 aliphatic rings. The average Bonchev–Trinajstić information content (AvgIpc) is 3.16. The maximum atomic E-state index is 11.9. The van der Waals surface area contributed by atoms with Gasteiger partial charge in [-0.05, 0) is 13.3 Å². The van der Waals surface area contributed by atoms with Crippen LogP contribution in [-0.2, 0) is 23.8 Å². The highest BCUT2D eigenvalue weighted by Crippen LogP contribution is 2.36. The molecule has 0 saturated carbocycles. The Kier molecular flexibility index (Phi) is 4.69. The molecule has 0 aromatic rings. The summed E-state index contributed by atoms with van der Waals surface area (Å²) < 4.78 is 14.6. The van der Waals surface area contributed by atoms with Gasteiger partial charge in [-0.15, -0.1) is 0 Å². The van der Waals surface area contributed by atoms with Crippen molar-refractivity contribution in [2.45, 2.75) is 25.9 Å². The van der Waals surface area contributed by atoms with E-state index in [2.05, 4.69) is 0 Å². The van der Waals surface area contributed by atoms with Crippen molar-refractivity contribution in [1.82, 2.24) is 0 Å². The van der Waals surface area contributed by atoms with E-state index in [9.17, 15) is 9.59 Å². The first-order valence-corrected chi connectivity index (χ1v) is 5.50. The molecule has 17 heavy (non-hydrogen) atoms. The molecule has 1 heterocycles. The highest BCUT2D eigenvalue weighted by Gasteiger charge is 2.51. The fraction of sp³-hybridized carbons (Fsp3) is 0.667. The van der Waals surface area contributed by atoms with Crippen molar-refractivity contribution in [3.05, 3.63) is 12.2 Å². The molecule has 0 aromatic heterocycles. The average molecular weight is 242 g/mol. The highest BCUT2D eigenvalue weighted by atomic mass is 16.6. The number of hydrogen-bond acceptors (Lipinski definition) is 5. The summed E-state index contributed by atoms with van der Waals surface area (Å²) in [5.41, 5.74) is -1.28. The molecule has 1 saturated heterocycles. The molecular weight excluding hydrogens is 224 g/mol. The van der Waals surface area contributed by atoms with Gasteiger partial charge in [-0.1, -0.05) is 12.2 Å². The number of methoxy groups -OCH3 is 2. The number of esters is 2. The van der Waals surface area contributed by atoms with Crippen molar-refractivity contribution >= 4 is 11.9 Å². The number of epoxide rings is 1. The van der Waals surface area contributed by atoms with Gasteiger partial charge in [0.15, 0.2) is 5.41 Å². The Morgan fingerprint density at radius 2 is 1.88 bits per heavy atom. The van der Waals surface area contributed by atoms with Gasteiger partial charge in [0.05, 0.1) is 26.9 Å². The standard InChI is InChI=1S/C12H18O5/c1-4-5-6-12(10(13)15-2,11(14)16-3)7-9-8-17-9/h4-5,9H,6-8H2,1-3H3/b5-4+. The molecule has 1 aliphatic heterocycles. The predicted molar refractivity (Wildman–Crippen MR) is 60.3 cm³/mol. The maximum Gasteiger partial charge on any atom is 0.323 e. The van der Waals surface area contributed by atoms with Crippen molar-refractivity contribution in [1.29, 1.82) is 0 Å². The van der Waals surface area contributed by atoms with Gasteiger partial charge in [0, 0.05) is 6.42 Å². The van der Waals surface area contributed by atoms with Crippen molar-refractivity contribution < 1.29 is 23.8 Å². The number of ether oxygens (including phenoxy) is 3. The van der Waals surface area contributed by atoms with Gasteiger partial charge in [0.25, 0.3) is 0 Å². The number of allylic oxidation sites excluding steroid dienone is 2. The lowest BCUT2D eigenvalue weighted by Gasteiger charge is -2.26. The summed E-state index contributed by atoms with van der Waals surface area (Å²) in [5, 5.41) is 0. The van der Waals surface area contributed by atoms with Crippen LogP contribution in [-0.4, -0.2) is 38.9 Å². The molecule has 1 unspecified atom stereocenters. The predicted octanol–water partition coefficient (Wildman–Crippen LogP) is 1.07. The van der Waals surface area contributed by atoms with Crippen molar-refractivity contribution in [3.63, 3.8) is 0 Å². The zero-order chi connectivity index (χ0) is 12.9. The summed E-state index contributed by atoms with van der Waals surface area (Å²) in [7, 11) is 2.53. The largest absolute Gasteiger partial charge is 0.468 e. The zero-order valence-corrected chi connectivity index (χ0v) is 10.4. The molecule has 1 fully saturated rings. The van der Waals surface area contributed by atoms with Crippen LogP contribution in [0.2, 0.25) is 0 Å². The summed E-state index contributed by atoms with van der Waals surface area (Å²) in [6, 6.07) is 0. The molecule has 0 aromatic carbocycles. The smallest absolute Gasteiger partial charge is 0.323 e. The van der Waals surface area contributed by atoms with Crippen LogP contribution in [0, 0.1) is 5.41 Å². The van der Waals surface area contributed by atoms with Crippen LogP contribution in [0.25, 0.3) is 0 Å². The van der Waals surface area contributed by atoms with E-state index in [0.717, 1.165) is 0 Å². The van der Waals surface area contributed by atoms with Gasteiger partial charge in [0.2, 0.25) is 0 Å². The summed E-state index contributed by atoms with van der Waals surface area (Å²) in [6.07, 6.45) is 4.06. The third-order valence-corrected chi connectivity index (χ3v) is 2.83. The first-order chi connectivity index (χ1) is 8.10. The Hall–Kier alpha value is -1.36. The molecule has 0 bridgehead atoms. The van der Waals surface area contributed by atoms with Gasteiger partial charge in [-0.3, -0.25) is 9.59 Å². The Morgan fingerprint density at radius 3 is 2.24 bits per heavy atom. The molecule has 0 aliphatic carbocycles. The topological polar surface area (TPSA) is 65.1 Å². The van der Waals surface area contributed by atoms with E-state index in [1.807, 2.05) is 6.92 Å². The molecule has 1 atom stereocenters. The summed E-state index contributed by atoms with van der Waals surface area (Å²) in [5.74, 6) is -1.14. The van der Waals surface area contributed by atoms with E-state index in [-0.39, 0.29) is 12.5 Å². The molecular formula is C12H18O5. The van der Waals surface area contributed by atoms with Crippen LogP contribution in [0.1, 0.15) is 19.8 Å². The number of carbonyl (C=O) groups is 2. The monoisotopic (exact) mass is 242 g/mol. The molecule has 0 amide bonds.